The first-order valence-corrected chi connectivity index (χ1v) is 12.0. The van der Waals surface area contributed by atoms with Gasteiger partial charge in [-0.1, -0.05) is 29.8 Å². The lowest BCUT2D eigenvalue weighted by atomic mass is 10.1. The SMILES string of the molecule is Cc1ccc(N(CC(=O)NCCCc2ccc(OC(C)C)cc2)S(C)(=O)=O)c(C)c1. The fourth-order valence-electron chi connectivity index (χ4n) is 3.18. The molecular formula is C23H32N2O4S. The quantitative estimate of drug-likeness (QED) is 0.582. The van der Waals surface area contributed by atoms with Gasteiger partial charge < -0.3 is 10.1 Å². The van der Waals surface area contributed by atoms with Crippen LogP contribution in [0.4, 0.5) is 5.69 Å². The van der Waals surface area contributed by atoms with E-state index < -0.39 is 10.0 Å². The predicted octanol–water partition coefficient (Wildman–Crippen LogP) is 3.61. The largest absolute Gasteiger partial charge is 0.491 e. The first-order chi connectivity index (χ1) is 14.1. The topological polar surface area (TPSA) is 75.7 Å². The zero-order chi connectivity index (χ0) is 22.3. The Morgan fingerprint density at radius 1 is 1.10 bits per heavy atom. The third-order valence-corrected chi connectivity index (χ3v) is 5.69. The second kappa shape index (κ2) is 10.5. The van der Waals surface area contributed by atoms with Crippen molar-refractivity contribution in [2.45, 2.75) is 46.6 Å². The summed E-state index contributed by atoms with van der Waals surface area (Å²) in [5.74, 6) is 0.524. The Bertz CT molecular complexity index is 954. The van der Waals surface area contributed by atoms with Crippen LogP contribution in [0.5, 0.6) is 5.75 Å². The van der Waals surface area contributed by atoms with Crippen LogP contribution in [-0.4, -0.2) is 39.8 Å². The van der Waals surface area contributed by atoms with E-state index in [9.17, 15) is 13.2 Å². The van der Waals surface area contributed by atoms with E-state index in [0.717, 1.165) is 45.8 Å². The van der Waals surface area contributed by atoms with E-state index in [2.05, 4.69) is 5.32 Å². The van der Waals surface area contributed by atoms with Gasteiger partial charge in [0.25, 0.3) is 0 Å². The van der Waals surface area contributed by atoms with Gasteiger partial charge in [0.15, 0.2) is 0 Å². The van der Waals surface area contributed by atoms with Crippen molar-refractivity contribution in [3.8, 4) is 5.75 Å². The molecule has 0 bridgehead atoms. The maximum atomic E-state index is 12.4. The number of sulfonamides is 1. The third-order valence-electron chi connectivity index (χ3n) is 4.57. The molecule has 164 valence electrons. The van der Waals surface area contributed by atoms with Crippen molar-refractivity contribution in [2.24, 2.45) is 0 Å². The van der Waals surface area contributed by atoms with E-state index in [1.165, 1.54) is 0 Å². The Kier molecular flexibility index (Phi) is 8.29. The molecule has 2 rings (SSSR count). The minimum Gasteiger partial charge on any atom is -0.491 e. The fourth-order valence-corrected chi connectivity index (χ4v) is 4.09. The molecule has 0 spiro atoms. The minimum absolute atomic E-state index is 0.140. The van der Waals surface area contributed by atoms with Crippen molar-refractivity contribution < 1.29 is 17.9 Å². The Hall–Kier alpha value is -2.54. The summed E-state index contributed by atoms with van der Waals surface area (Å²) in [6, 6.07) is 13.4. The number of carbonyl (C=O) groups excluding carboxylic acids is 1. The molecule has 1 N–H and O–H groups in total. The number of amides is 1. The van der Waals surface area contributed by atoms with E-state index in [-0.39, 0.29) is 18.6 Å². The van der Waals surface area contributed by atoms with Gasteiger partial charge in [-0.05, 0) is 69.9 Å². The second-order valence-corrected chi connectivity index (χ2v) is 9.73. The van der Waals surface area contributed by atoms with E-state index in [0.29, 0.717) is 12.2 Å². The molecule has 30 heavy (non-hydrogen) atoms. The standard InChI is InChI=1S/C23H32N2O4S/c1-17(2)29-21-11-9-20(10-12-21)7-6-14-24-23(26)16-25(30(5,27)28)22-13-8-18(3)15-19(22)4/h8-13,15,17H,6-7,14,16H2,1-5H3,(H,24,26). The number of ether oxygens (including phenoxy) is 1. The Morgan fingerprint density at radius 3 is 2.33 bits per heavy atom. The van der Waals surface area contributed by atoms with Crippen LogP contribution in [0, 0.1) is 13.8 Å². The molecule has 0 saturated heterocycles. The van der Waals surface area contributed by atoms with Crippen LogP contribution >= 0.6 is 0 Å². The number of nitrogens with zero attached hydrogens (tertiary/aromatic N) is 1. The van der Waals surface area contributed by atoms with Crippen LogP contribution in [0.15, 0.2) is 42.5 Å². The fraction of sp³-hybridized carbons (Fsp3) is 0.435. The van der Waals surface area contributed by atoms with Crippen molar-refractivity contribution in [1.82, 2.24) is 5.32 Å². The molecule has 2 aromatic rings. The third kappa shape index (κ3) is 7.37. The number of aryl methyl sites for hydroxylation is 3. The molecule has 0 aliphatic heterocycles. The van der Waals surface area contributed by atoms with Crippen LogP contribution in [0.3, 0.4) is 0 Å². The van der Waals surface area contributed by atoms with E-state index in [1.807, 2.05) is 64.1 Å². The molecule has 1 amide bonds. The lowest BCUT2D eigenvalue weighted by Crippen LogP contribution is -2.41. The summed E-state index contributed by atoms with van der Waals surface area (Å²) >= 11 is 0. The van der Waals surface area contributed by atoms with Gasteiger partial charge in [-0.15, -0.1) is 0 Å². The summed E-state index contributed by atoms with van der Waals surface area (Å²) in [4.78, 5) is 12.4. The summed E-state index contributed by atoms with van der Waals surface area (Å²) in [5, 5.41) is 2.82. The van der Waals surface area contributed by atoms with Gasteiger partial charge in [0.05, 0.1) is 18.0 Å². The first-order valence-electron chi connectivity index (χ1n) is 10.1. The maximum absolute atomic E-state index is 12.4. The highest BCUT2D eigenvalue weighted by Gasteiger charge is 2.22. The van der Waals surface area contributed by atoms with Gasteiger partial charge in [0.2, 0.25) is 15.9 Å². The molecule has 0 aliphatic carbocycles. The summed E-state index contributed by atoms with van der Waals surface area (Å²) in [7, 11) is -3.57. The van der Waals surface area contributed by atoms with Crippen molar-refractivity contribution in [2.75, 3.05) is 23.7 Å². The average Bonchev–Trinajstić information content (AvgIpc) is 2.64. The molecule has 0 aliphatic rings. The zero-order valence-corrected chi connectivity index (χ0v) is 19.3. The highest BCUT2D eigenvalue weighted by molar-refractivity contribution is 7.92. The van der Waals surface area contributed by atoms with Gasteiger partial charge in [-0.3, -0.25) is 9.10 Å². The monoisotopic (exact) mass is 432 g/mol. The number of carbonyl (C=O) groups is 1. The van der Waals surface area contributed by atoms with Crippen LogP contribution in [0.2, 0.25) is 0 Å². The highest BCUT2D eigenvalue weighted by Crippen LogP contribution is 2.23. The van der Waals surface area contributed by atoms with Crippen molar-refractivity contribution in [3.05, 3.63) is 59.2 Å². The minimum atomic E-state index is -3.57. The lowest BCUT2D eigenvalue weighted by molar-refractivity contribution is -0.119. The molecule has 0 radical (unpaired) electrons. The van der Waals surface area contributed by atoms with Crippen LogP contribution < -0.4 is 14.4 Å². The smallest absolute Gasteiger partial charge is 0.240 e. The van der Waals surface area contributed by atoms with Crippen LogP contribution in [-0.2, 0) is 21.2 Å². The van der Waals surface area contributed by atoms with Gasteiger partial charge in [-0.2, -0.15) is 0 Å². The summed E-state index contributed by atoms with van der Waals surface area (Å²) in [6.45, 7) is 8.01. The molecule has 6 nitrogen and oxygen atoms in total. The molecule has 0 atom stereocenters. The maximum Gasteiger partial charge on any atom is 0.240 e. The summed E-state index contributed by atoms with van der Waals surface area (Å²) in [6.07, 6.45) is 2.83. The van der Waals surface area contributed by atoms with Crippen molar-refractivity contribution in [1.29, 1.82) is 0 Å². The number of anilines is 1. The Morgan fingerprint density at radius 2 is 1.77 bits per heavy atom. The van der Waals surface area contributed by atoms with Crippen LogP contribution in [0.25, 0.3) is 0 Å². The highest BCUT2D eigenvalue weighted by atomic mass is 32.2. The Balaban J connectivity index is 1.87. The predicted molar refractivity (Wildman–Crippen MR) is 122 cm³/mol. The number of rotatable bonds is 10. The summed E-state index contributed by atoms with van der Waals surface area (Å²) < 4.78 is 31.3. The van der Waals surface area contributed by atoms with Gasteiger partial charge in [0, 0.05) is 6.54 Å². The Labute approximate surface area is 180 Å². The van der Waals surface area contributed by atoms with E-state index in [4.69, 9.17) is 4.74 Å². The number of hydrogen-bond acceptors (Lipinski definition) is 4. The molecule has 0 unspecified atom stereocenters. The van der Waals surface area contributed by atoms with Gasteiger partial charge in [0.1, 0.15) is 12.3 Å². The number of nitrogens with one attached hydrogen (secondary N) is 1. The first kappa shape index (κ1) is 23.7. The molecule has 0 heterocycles. The van der Waals surface area contributed by atoms with Crippen molar-refractivity contribution in [3.63, 3.8) is 0 Å². The lowest BCUT2D eigenvalue weighted by Gasteiger charge is -2.24. The summed E-state index contributed by atoms with van der Waals surface area (Å²) in [5.41, 5.74) is 3.55. The number of benzene rings is 2. The molecule has 0 fully saturated rings. The molecular weight excluding hydrogens is 400 g/mol. The van der Waals surface area contributed by atoms with Crippen molar-refractivity contribution >= 4 is 21.6 Å². The second-order valence-electron chi connectivity index (χ2n) is 7.82. The van der Waals surface area contributed by atoms with E-state index >= 15 is 0 Å². The molecule has 0 saturated carbocycles. The molecule has 0 aromatic heterocycles. The van der Waals surface area contributed by atoms with Gasteiger partial charge >= 0.3 is 0 Å². The molecule has 2 aromatic carbocycles. The molecule has 7 heteroatoms. The van der Waals surface area contributed by atoms with Gasteiger partial charge in [-0.25, -0.2) is 8.42 Å². The zero-order valence-electron chi connectivity index (χ0n) is 18.4. The normalized spacial score (nSPS) is 11.4. The van der Waals surface area contributed by atoms with E-state index in [1.54, 1.807) is 6.07 Å². The van der Waals surface area contributed by atoms with Crippen LogP contribution in [0.1, 0.15) is 37.0 Å². The average molecular weight is 433 g/mol. The number of hydrogen-bond donors (Lipinski definition) is 1.